The normalized spacial score (nSPS) is 14.2. The SMILES string of the molecule is COC(=O)C(C)CC(O)c1ccccc1Br. The van der Waals surface area contributed by atoms with Gasteiger partial charge < -0.3 is 9.84 Å². The Morgan fingerprint density at radius 1 is 1.50 bits per heavy atom. The minimum atomic E-state index is -0.662. The molecule has 0 saturated heterocycles. The Hall–Kier alpha value is -0.870. The van der Waals surface area contributed by atoms with Crippen LogP contribution in [0, 0.1) is 5.92 Å². The third-order valence-corrected chi connectivity index (χ3v) is 3.17. The molecule has 4 heteroatoms. The highest BCUT2D eigenvalue weighted by Crippen LogP contribution is 2.27. The summed E-state index contributed by atoms with van der Waals surface area (Å²) in [6, 6.07) is 7.43. The molecule has 2 unspecified atom stereocenters. The van der Waals surface area contributed by atoms with Crippen LogP contribution >= 0.6 is 15.9 Å². The number of halogens is 1. The molecule has 3 nitrogen and oxygen atoms in total. The molecule has 0 spiro atoms. The minimum Gasteiger partial charge on any atom is -0.469 e. The predicted octanol–water partition coefficient (Wildman–Crippen LogP) is 2.68. The molecule has 0 heterocycles. The zero-order valence-electron chi connectivity index (χ0n) is 9.31. The fraction of sp³-hybridized carbons (Fsp3) is 0.417. The van der Waals surface area contributed by atoms with Crippen molar-refractivity contribution >= 4 is 21.9 Å². The molecule has 0 bridgehead atoms. The first kappa shape index (κ1) is 13.2. The number of aliphatic hydroxyl groups is 1. The van der Waals surface area contributed by atoms with Crippen LogP contribution in [-0.2, 0) is 9.53 Å². The summed E-state index contributed by atoms with van der Waals surface area (Å²) in [5.74, 6) is -0.613. The predicted molar refractivity (Wildman–Crippen MR) is 64.9 cm³/mol. The molecule has 1 aromatic carbocycles. The lowest BCUT2D eigenvalue weighted by Crippen LogP contribution is -2.16. The molecule has 0 aliphatic rings. The summed E-state index contributed by atoms with van der Waals surface area (Å²) < 4.78 is 5.46. The second-order valence-electron chi connectivity index (χ2n) is 3.70. The van der Waals surface area contributed by atoms with Gasteiger partial charge in [0.25, 0.3) is 0 Å². The van der Waals surface area contributed by atoms with Gasteiger partial charge in [0.2, 0.25) is 0 Å². The van der Waals surface area contributed by atoms with Gasteiger partial charge in [0.15, 0.2) is 0 Å². The molecule has 2 atom stereocenters. The lowest BCUT2D eigenvalue weighted by molar-refractivity contribution is -0.145. The van der Waals surface area contributed by atoms with Gasteiger partial charge in [-0.25, -0.2) is 0 Å². The van der Waals surface area contributed by atoms with Crippen LogP contribution in [0.4, 0.5) is 0 Å². The molecule has 16 heavy (non-hydrogen) atoms. The molecule has 88 valence electrons. The molecule has 0 aromatic heterocycles. The van der Waals surface area contributed by atoms with Crippen molar-refractivity contribution in [2.45, 2.75) is 19.4 Å². The molecular weight excluding hydrogens is 272 g/mol. The van der Waals surface area contributed by atoms with Gasteiger partial charge in [-0.15, -0.1) is 0 Å². The number of esters is 1. The van der Waals surface area contributed by atoms with Crippen molar-refractivity contribution in [2.75, 3.05) is 7.11 Å². The van der Waals surface area contributed by atoms with Gasteiger partial charge in [-0.05, 0) is 18.1 Å². The monoisotopic (exact) mass is 286 g/mol. The highest BCUT2D eigenvalue weighted by molar-refractivity contribution is 9.10. The van der Waals surface area contributed by atoms with Crippen LogP contribution in [0.25, 0.3) is 0 Å². The van der Waals surface area contributed by atoms with Crippen LogP contribution in [0.3, 0.4) is 0 Å². The Morgan fingerprint density at radius 3 is 2.69 bits per heavy atom. The van der Waals surface area contributed by atoms with E-state index in [1.54, 1.807) is 6.92 Å². The van der Waals surface area contributed by atoms with E-state index in [9.17, 15) is 9.90 Å². The Balaban J connectivity index is 2.69. The van der Waals surface area contributed by atoms with Crippen molar-refractivity contribution in [1.82, 2.24) is 0 Å². The topological polar surface area (TPSA) is 46.5 Å². The van der Waals surface area contributed by atoms with E-state index in [4.69, 9.17) is 0 Å². The third-order valence-electron chi connectivity index (χ3n) is 2.44. The van der Waals surface area contributed by atoms with Gasteiger partial charge in [0.05, 0.1) is 19.1 Å². The van der Waals surface area contributed by atoms with Crippen LogP contribution in [0.15, 0.2) is 28.7 Å². The maximum absolute atomic E-state index is 11.2. The molecule has 0 aliphatic heterocycles. The van der Waals surface area contributed by atoms with Crippen molar-refractivity contribution in [3.05, 3.63) is 34.3 Å². The summed E-state index contributed by atoms with van der Waals surface area (Å²) in [6.07, 6.45) is -0.306. The molecule has 0 fully saturated rings. The van der Waals surface area contributed by atoms with Crippen molar-refractivity contribution < 1.29 is 14.6 Å². The van der Waals surface area contributed by atoms with Gasteiger partial charge >= 0.3 is 5.97 Å². The summed E-state index contributed by atoms with van der Waals surface area (Å²) in [5.41, 5.74) is 0.790. The first-order valence-corrected chi connectivity index (χ1v) is 5.86. The number of hydrogen-bond donors (Lipinski definition) is 1. The quantitative estimate of drug-likeness (QED) is 0.866. The lowest BCUT2D eigenvalue weighted by atomic mass is 9.98. The van der Waals surface area contributed by atoms with E-state index >= 15 is 0 Å². The van der Waals surface area contributed by atoms with Crippen molar-refractivity contribution in [3.63, 3.8) is 0 Å². The number of carbonyl (C=O) groups excluding carboxylic acids is 1. The lowest BCUT2D eigenvalue weighted by Gasteiger charge is -2.16. The number of ether oxygens (including phenoxy) is 1. The van der Waals surface area contributed by atoms with Crippen LogP contribution < -0.4 is 0 Å². The second kappa shape index (κ2) is 6.01. The Labute approximate surface area is 104 Å². The zero-order chi connectivity index (χ0) is 12.1. The molecular formula is C12H15BrO3. The first-order valence-electron chi connectivity index (χ1n) is 5.06. The Morgan fingerprint density at radius 2 is 2.12 bits per heavy atom. The Bertz CT molecular complexity index is 365. The second-order valence-corrected chi connectivity index (χ2v) is 4.55. The van der Waals surface area contributed by atoms with E-state index < -0.39 is 6.10 Å². The van der Waals surface area contributed by atoms with Gasteiger partial charge in [-0.1, -0.05) is 41.1 Å². The number of carbonyl (C=O) groups is 1. The number of rotatable bonds is 4. The average molecular weight is 287 g/mol. The standard InChI is InChI=1S/C12H15BrO3/c1-8(12(15)16-2)7-11(14)9-5-3-4-6-10(9)13/h3-6,8,11,14H,7H2,1-2H3. The number of benzene rings is 1. The summed E-state index contributed by atoms with van der Waals surface area (Å²) in [5, 5.41) is 9.98. The maximum Gasteiger partial charge on any atom is 0.308 e. The molecule has 0 amide bonds. The number of aliphatic hydroxyl groups excluding tert-OH is 1. The van der Waals surface area contributed by atoms with E-state index in [0.717, 1.165) is 10.0 Å². The van der Waals surface area contributed by atoms with Gasteiger partial charge in [0.1, 0.15) is 0 Å². The van der Waals surface area contributed by atoms with E-state index in [2.05, 4.69) is 20.7 Å². The largest absolute Gasteiger partial charge is 0.469 e. The summed E-state index contributed by atoms with van der Waals surface area (Å²) in [7, 11) is 1.35. The van der Waals surface area contributed by atoms with Crippen LogP contribution in [-0.4, -0.2) is 18.2 Å². The third kappa shape index (κ3) is 3.32. The smallest absolute Gasteiger partial charge is 0.308 e. The van der Waals surface area contributed by atoms with Crippen LogP contribution in [0.1, 0.15) is 25.0 Å². The molecule has 0 saturated carbocycles. The molecule has 0 radical (unpaired) electrons. The molecule has 1 N–H and O–H groups in total. The van der Waals surface area contributed by atoms with Gasteiger partial charge in [-0.3, -0.25) is 4.79 Å². The zero-order valence-corrected chi connectivity index (χ0v) is 10.9. The van der Waals surface area contributed by atoms with E-state index in [-0.39, 0.29) is 11.9 Å². The average Bonchev–Trinajstić information content (AvgIpc) is 2.28. The van der Waals surface area contributed by atoms with E-state index in [1.165, 1.54) is 7.11 Å². The van der Waals surface area contributed by atoms with Crippen LogP contribution in [0.5, 0.6) is 0 Å². The van der Waals surface area contributed by atoms with E-state index in [1.807, 2.05) is 24.3 Å². The summed E-state index contributed by atoms with van der Waals surface area (Å²) in [6.45, 7) is 1.74. The van der Waals surface area contributed by atoms with Crippen molar-refractivity contribution in [1.29, 1.82) is 0 Å². The van der Waals surface area contributed by atoms with Gasteiger partial charge in [0, 0.05) is 4.47 Å². The minimum absolute atomic E-state index is 0.300. The van der Waals surface area contributed by atoms with Gasteiger partial charge in [-0.2, -0.15) is 0 Å². The number of methoxy groups -OCH3 is 1. The Kier molecular flexibility index (Phi) is 4.96. The highest BCUT2D eigenvalue weighted by Gasteiger charge is 2.20. The highest BCUT2D eigenvalue weighted by atomic mass is 79.9. The molecule has 1 rings (SSSR count). The summed E-state index contributed by atoms with van der Waals surface area (Å²) in [4.78, 5) is 11.2. The fourth-order valence-corrected chi connectivity index (χ4v) is 2.05. The van der Waals surface area contributed by atoms with E-state index in [0.29, 0.717) is 6.42 Å². The first-order chi connectivity index (χ1) is 7.56. The van der Waals surface area contributed by atoms with Crippen molar-refractivity contribution in [2.24, 2.45) is 5.92 Å². The maximum atomic E-state index is 11.2. The summed E-state index contributed by atoms with van der Waals surface area (Å²) >= 11 is 3.36. The van der Waals surface area contributed by atoms with Crippen molar-refractivity contribution in [3.8, 4) is 0 Å². The van der Waals surface area contributed by atoms with Crippen LogP contribution in [0.2, 0.25) is 0 Å². The molecule has 1 aromatic rings. The number of hydrogen-bond acceptors (Lipinski definition) is 3. The molecule has 0 aliphatic carbocycles. The fourth-order valence-electron chi connectivity index (χ4n) is 1.50.